The van der Waals surface area contributed by atoms with Crippen molar-refractivity contribution < 1.29 is 9.47 Å². The van der Waals surface area contributed by atoms with Gasteiger partial charge in [0.15, 0.2) is 0 Å². The average Bonchev–Trinajstić information content (AvgIpc) is 2.26. The molecule has 1 saturated heterocycles. The van der Waals surface area contributed by atoms with Crippen LogP contribution in [0, 0.1) is 5.92 Å². The Morgan fingerprint density at radius 1 is 1.50 bits per heavy atom. The first-order chi connectivity index (χ1) is 6.77. The summed E-state index contributed by atoms with van der Waals surface area (Å²) in [6.45, 7) is 6.47. The maximum Gasteiger partial charge on any atom is 0.0975 e. The molecule has 1 rings (SSSR count). The molecule has 0 aromatic rings. The lowest BCUT2D eigenvalue weighted by atomic mass is 9.96. The molecule has 0 spiro atoms. The number of hydrogen-bond donors (Lipinski definition) is 2. The normalized spacial score (nSPS) is 27.2. The number of nitrogens with two attached hydrogens (primary N) is 1. The first-order valence-corrected chi connectivity index (χ1v) is 5.43. The van der Waals surface area contributed by atoms with Gasteiger partial charge in [-0.1, -0.05) is 20.3 Å². The van der Waals surface area contributed by atoms with Gasteiger partial charge in [-0.15, -0.1) is 0 Å². The van der Waals surface area contributed by atoms with Crippen molar-refractivity contribution in [2.45, 2.75) is 38.8 Å². The van der Waals surface area contributed by atoms with Crippen LogP contribution in [-0.4, -0.2) is 32.0 Å². The van der Waals surface area contributed by atoms with Gasteiger partial charge in [-0.3, -0.25) is 11.3 Å². The molecular formula is C10H22N2O2. The quantitative estimate of drug-likeness (QED) is 0.508. The summed E-state index contributed by atoms with van der Waals surface area (Å²) in [4.78, 5) is 0. The Labute approximate surface area is 86.1 Å². The van der Waals surface area contributed by atoms with E-state index in [-0.39, 0.29) is 12.1 Å². The van der Waals surface area contributed by atoms with Crippen LogP contribution < -0.4 is 11.3 Å². The van der Waals surface area contributed by atoms with Gasteiger partial charge in [0, 0.05) is 6.04 Å². The zero-order valence-electron chi connectivity index (χ0n) is 9.16. The smallest absolute Gasteiger partial charge is 0.0975 e. The molecule has 3 atom stereocenters. The van der Waals surface area contributed by atoms with Crippen LogP contribution in [0.1, 0.15) is 26.7 Å². The lowest BCUT2D eigenvalue weighted by Gasteiger charge is -2.31. The molecule has 0 radical (unpaired) electrons. The Kier molecular flexibility index (Phi) is 5.40. The van der Waals surface area contributed by atoms with E-state index in [0.29, 0.717) is 25.7 Å². The second-order valence-electron chi connectivity index (χ2n) is 4.01. The number of hydrogen-bond acceptors (Lipinski definition) is 4. The summed E-state index contributed by atoms with van der Waals surface area (Å²) in [6.07, 6.45) is 2.33. The van der Waals surface area contributed by atoms with Crippen molar-refractivity contribution in [1.82, 2.24) is 5.43 Å². The zero-order valence-corrected chi connectivity index (χ0v) is 9.16. The van der Waals surface area contributed by atoms with Gasteiger partial charge in [-0.05, 0) is 12.3 Å². The van der Waals surface area contributed by atoms with Gasteiger partial charge in [-0.25, -0.2) is 0 Å². The topological polar surface area (TPSA) is 56.5 Å². The van der Waals surface area contributed by atoms with Gasteiger partial charge in [-0.2, -0.15) is 0 Å². The number of ether oxygens (including phenoxy) is 2. The summed E-state index contributed by atoms with van der Waals surface area (Å²) in [7, 11) is 0. The molecule has 4 heteroatoms. The molecule has 84 valence electrons. The molecule has 1 aliphatic heterocycles. The Balaban J connectivity index is 2.35. The molecule has 4 nitrogen and oxygen atoms in total. The van der Waals surface area contributed by atoms with Gasteiger partial charge < -0.3 is 9.47 Å². The maximum absolute atomic E-state index is 5.61. The zero-order chi connectivity index (χ0) is 10.4. The van der Waals surface area contributed by atoms with Gasteiger partial charge >= 0.3 is 0 Å². The third kappa shape index (κ3) is 3.53. The van der Waals surface area contributed by atoms with Crippen LogP contribution in [-0.2, 0) is 9.47 Å². The van der Waals surface area contributed by atoms with Gasteiger partial charge in [0.05, 0.1) is 25.9 Å². The van der Waals surface area contributed by atoms with Crippen molar-refractivity contribution in [1.29, 1.82) is 0 Å². The van der Waals surface area contributed by atoms with Crippen LogP contribution >= 0.6 is 0 Å². The van der Waals surface area contributed by atoms with Crippen molar-refractivity contribution in [2.24, 2.45) is 11.8 Å². The van der Waals surface area contributed by atoms with Crippen LogP contribution in [0.3, 0.4) is 0 Å². The maximum atomic E-state index is 5.61. The molecule has 14 heavy (non-hydrogen) atoms. The molecule has 0 aliphatic carbocycles. The fraction of sp³-hybridized carbons (Fsp3) is 1.00. The Bertz CT molecular complexity index is 149. The second kappa shape index (κ2) is 6.35. The van der Waals surface area contributed by atoms with Gasteiger partial charge in [0.25, 0.3) is 0 Å². The summed E-state index contributed by atoms with van der Waals surface area (Å²) in [5.74, 6) is 6.19. The van der Waals surface area contributed by atoms with Crippen molar-refractivity contribution in [3.63, 3.8) is 0 Å². The molecule has 0 aromatic heterocycles. The van der Waals surface area contributed by atoms with E-state index in [1.54, 1.807) is 0 Å². The highest BCUT2D eigenvalue weighted by molar-refractivity contribution is 4.78. The molecule has 3 N–H and O–H groups in total. The monoisotopic (exact) mass is 202 g/mol. The van der Waals surface area contributed by atoms with Gasteiger partial charge in [0.1, 0.15) is 0 Å². The standard InChI is InChI=1S/C10H22N2O2/c1-3-8(2)6-9(12-11)10-7-13-4-5-14-10/h8-10,12H,3-7,11H2,1-2H3. The van der Waals surface area contributed by atoms with E-state index in [9.17, 15) is 0 Å². The third-order valence-corrected chi connectivity index (χ3v) is 2.86. The molecular weight excluding hydrogens is 180 g/mol. The molecule has 0 amide bonds. The number of hydrazine groups is 1. The van der Waals surface area contributed by atoms with Crippen LogP contribution in [0.5, 0.6) is 0 Å². The van der Waals surface area contributed by atoms with Crippen molar-refractivity contribution in [2.75, 3.05) is 19.8 Å². The number of rotatable bonds is 5. The van der Waals surface area contributed by atoms with E-state index in [2.05, 4.69) is 19.3 Å². The summed E-state index contributed by atoms with van der Waals surface area (Å²) in [6, 6.07) is 0.213. The minimum atomic E-state index is 0.114. The SMILES string of the molecule is CCC(C)CC(NN)C1COCCO1. The number of nitrogens with one attached hydrogen (secondary N) is 1. The highest BCUT2D eigenvalue weighted by Crippen LogP contribution is 2.15. The van der Waals surface area contributed by atoms with Crippen LogP contribution in [0.25, 0.3) is 0 Å². The van der Waals surface area contributed by atoms with E-state index in [1.807, 2.05) is 0 Å². The predicted octanol–water partition coefficient (Wildman–Crippen LogP) is 0.670. The highest BCUT2D eigenvalue weighted by Gasteiger charge is 2.25. The third-order valence-electron chi connectivity index (χ3n) is 2.86. The van der Waals surface area contributed by atoms with E-state index >= 15 is 0 Å². The summed E-state index contributed by atoms with van der Waals surface area (Å²) in [5, 5.41) is 0. The molecule has 1 heterocycles. The molecule has 0 saturated carbocycles. The lowest BCUT2D eigenvalue weighted by Crippen LogP contribution is -2.50. The van der Waals surface area contributed by atoms with E-state index in [0.717, 1.165) is 6.42 Å². The minimum Gasteiger partial charge on any atom is -0.376 e. The molecule has 3 unspecified atom stereocenters. The first kappa shape index (κ1) is 11.9. The second-order valence-corrected chi connectivity index (χ2v) is 4.01. The molecule has 1 fully saturated rings. The minimum absolute atomic E-state index is 0.114. The van der Waals surface area contributed by atoms with E-state index in [4.69, 9.17) is 15.3 Å². The van der Waals surface area contributed by atoms with Crippen LogP contribution in [0.2, 0.25) is 0 Å². The summed E-state index contributed by atoms with van der Waals surface area (Å²) >= 11 is 0. The molecule has 0 bridgehead atoms. The summed E-state index contributed by atoms with van der Waals surface area (Å²) < 4.78 is 11.0. The predicted molar refractivity (Wildman–Crippen MR) is 55.7 cm³/mol. The first-order valence-electron chi connectivity index (χ1n) is 5.43. The van der Waals surface area contributed by atoms with Crippen LogP contribution in [0.4, 0.5) is 0 Å². The van der Waals surface area contributed by atoms with E-state index < -0.39 is 0 Å². The highest BCUT2D eigenvalue weighted by atomic mass is 16.6. The average molecular weight is 202 g/mol. The molecule has 0 aromatic carbocycles. The fourth-order valence-electron chi connectivity index (χ4n) is 1.67. The van der Waals surface area contributed by atoms with Crippen molar-refractivity contribution >= 4 is 0 Å². The van der Waals surface area contributed by atoms with Crippen molar-refractivity contribution in [3.8, 4) is 0 Å². The van der Waals surface area contributed by atoms with Crippen molar-refractivity contribution in [3.05, 3.63) is 0 Å². The van der Waals surface area contributed by atoms with E-state index in [1.165, 1.54) is 6.42 Å². The largest absolute Gasteiger partial charge is 0.376 e. The fourth-order valence-corrected chi connectivity index (χ4v) is 1.67. The lowest BCUT2D eigenvalue weighted by molar-refractivity contribution is -0.104. The van der Waals surface area contributed by atoms with Gasteiger partial charge in [0.2, 0.25) is 0 Å². The molecule has 1 aliphatic rings. The Morgan fingerprint density at radius 2 is 2.29 bits per heavy atom. The Morgan fingerprint density at radius 3 is 2.79 bits per heavy atom. The summed E-state index contributed by atoms with van der Waals surface area (Å²) in [5.41, 5.74) is 2.83. The van der Waals surface area contributed by atoms with Crippen LogP contribution in [0.15, 0.2) is 0 Å². The Hall–Kier alpha value is -0.160.